The third kappa shape index (κ3) is 2.49. The summed E-state index contributed by atoms with van der Waals surface area (Å²) in [5, 5.41) is 0.521. The minimum absolute atomic E-state index is 0.250. The van der Waals surface area contributed by atoms with Crippen molar-refractivity contribution < 1.29 is 4.79 Å². The fraction of sp³-hybridized carbons (Fsp3) is 0.167. The van der Waals surface area contributed by atoms with Gasteiger partial charge in [0.1, 0.15) is 9.67 Å². The van der Waals surface area contributed by atoms with Crippen molar-refractivity contribution in [2.24, 2.45) is 0 Å². The Bertz CT molecular complexity index is 400. The van der Waals surface area contributed by atoms with E-state index in [0.29, 0.717) is 14.8 Å². The summed E-state index contributed by atoms with van der Waals surface area (Å²) in [7, 11) is 0. The first kappa shape index (κ1) is 11.1. The SMILES string of the molecule is CSc1nc(S)c(C(=O)S)c(=S)[nH]1. The van der Waals surface area contributed by atoms with Gasteiger partial charge in [-0.05, 0) is 6.26 Å². The first-order valence-corrected chi connectivity index (χ1v) is 5.69. The number of nitrogens with zero attached hydrogens (tertiary/aromatic N) is 1. The van der Waals surface area contributed by atoms with Crippen molar-refractivity contribution in [1.82, 2.24) is 9.97 Å². The van der Waals surface area contributed by atoms with E-state index in [-0.39, 0.29) is 5.56 Å². The molecule has 0 radical (unpaired) electrons. The molecule has 0 unspecified atom stereocenters. The van der Waals surface area contributed by atoms with Crippen molar-refractivity contribution in [3.63, 3.8) is 0 Å². The molecule has 0 spiro atoms. The van der Waals surface area contributed by atoms with E-state index in [1.54, 1.807) is 0 Å². The molecule has 3 nitrogen and oxygen atoms in total. The van der Waals surface area contributed by atoms with Crippen LogP contribution in [0.4, 0.5) is 0 Å². The van der Waals surface area contributed by atoms with Crippen LogP contribution in [-0.4, -0.2) is 21.3 Å². The molecule has 0 aromatic carbocycles. The highest BCUT2D eigenvalue weighted by Crippen LogP contribution is 2.18. The van der Waals surface area contributed by atoms with E-state index in [4.69, 9.17) is 12.2 Å². The standard InChI is InChI=1S/C6H6N2OS4/c1-13-6-7-3(10)2(5(9)12)4(11)8-6/h1H3,(H,9,12)(H2,7,8,10,11). The van der Waals surface area contributed by atoms with E-state index in [1.165, 1.54) is 11.8 Å². The van der Waals surface area contributed by atoms with Crippen LogP contribution >= 0.6 is 49.2 Å². The molecular weight excluding hydrogens is 244 g/mol. The lowest BCUT2D eigenvalue weighted by molar-refractivity contribution is 0.108. The van der Waals surface area contributed by atoms with Gasteiger partial charge < -0.3 is 4.98 Å². The molecule has 0 aliphatic carbocycles. The van der Waals surface area contributed by atoms with Crippen molar-refractivity contribution in [2.45, 2.75) is 10.2 Å². The number of nitrogens with one attached hydrogen (secondary N) is 1. The number of H-pyrrole nitrogens is 1. The highest BCUT2D eigenvalue weighted by molar-refractivity contribution is 7.98. The second kappa shape index (κ2) is 4.50. The van der Waals surface area contributed by atoms with Gasteiger partial charge in [-0.15, -0.1) is 25.3 Å². The van der Waals surface area contributed by atoms with E-state index >= 15 is 0 Å². The quantitative estimate of drug-likeness (QED) is 0.248. The lowest BCUT2D eigenvalue weighted by Crippen LogP contribution is -1.99. The lowest BCUT2D eigenvalue weighted by atomic mass is 10.4. The normalized spacial score (nSPS) is 10.1. The van der Waals surface area contributed by atoms with Crippen molar-refractivity contribution >= 4 is 54.4 Å². The third-order valence-electron chi connectivity index (χ3n) is 1.29. The Morgan fingerprint density at radius 3 is 2.69 bits per heavy atom. The molecule has 13 heavy (non-hydrogen) atoms. The van der Waals surface area contributed by atoms with Crippen LogP contribution in [0.5, 0.6) is 0 Å². The van der Waals surface area contributed by atoms with Gasteiger partial charge in [0, 0.05) is 0 Å². The zero-order chi connectivity index (χ0) is 10.0. The van der Waals surface area contributed by atoms with Gasteiger partial charge in [-0.25, -0.2) is 4.98 Å². The number of thioether (sulfide) groups is 1. The Hall–Kier alpha value is 0.0200. The molecule has 0 atom stereocenters. The largest absolute Gasteiger partial charge is 0.325 e. The summed E-state index contributed by atoms with van der Waals surface area (Å²) in [6.07, 6.45) is 1.85. The summed E-state index contributed by atoms with van der Waals surface area (Å²) in [5.41, 5.74) is 0.250. The predicted molar refractivity (Wildman–Crippen MR) is 61.8 cm³/mol. The fourth-order valence-corrected chi connectivity index (χ4v) is 2.31. The van der Waals surface area contributed by atoms with Crippen LogP contribution in [-0.2, 0) is 0 Å². The molecule has 0 saturated carbocycles. The van der Waals surface area contributed by atoms with Crippen LogP contribution in [0, 0.1) is 4.64 Å². The summed E-state index contributed by atoms with van der Waals surface area (Å²) >= 11 is 14.1. The molecule has 1 N–H and O–H groups in total. The molecule has 0 saturated heterocycles. The maximum absolute atomic E-state index is 11.0. The van der Waals surface area contributed by atoms with Crippen LogP contribution in [0.2, 0.25) is 0 Å². The summed E-state index contributed by atoms with van der Waals surface area (Å²) in [6.45, 7) is 0. The molecule has 0 amide bonds. The Morgan fingerprint density at radius 1 is 1.69 bits per heavy atom. The zero-order valence-electron chi connectivity index (χ0n) is 6.57. The summed E-state index contributed by atoms with van der Waals surface area (Å²) < 4.78 is 0.323. The molecule has 1 rings (SSSR count). The van der Waals surface area contributed by atoms with E-state index in [2.05, 4.69) is 35.2 Å². The van der Waals surface area contributed by atoms with E-state index in [0.717, 1.165) is 0 Å². The first-order valence-electron chi connectivity index (χ1n) is 3.17. The van der Waals surface area contributed by atoms with Crippen molar-refractivity contribution in [3.05, 3.63) is 10.2 Å². The first-order chi connectivity index (χ1) is 6.06. The molecule has 7 heteroatoms. The highest BCUT2D eigenvalue weighted by Gasteiger charge is 2.10. The van der Waals surface area contributed by atoms with E-state index in [1.807, 2.05) is 6.26 Å². The number of carbonyl (C=O) groups is 1. The molecular formula is C6H6N2OS4. The molecule has 0 fully saturated rings. The predicted octanol–water partition coefficient (Wildman–Crippen LogP) is 2.22. The number of aromatic amines is 1. The van der Waals surface area contributed by atoms with Crippen molar-refractivity contribution in [3.8, 4) is 0 Å². The van der Waals surface area contributed by atoms with Gasteiger partial charge in [0.15, 0.2) is 5.16 Å². The molecule has 0 aliphatic rings. The number of hydrogen-bond acceptors (Lipinski definition) is 5. The topological polar surface area (TPSA) is 45.8 Å². The third-order valence-corrected chi connectivity index (χ3v) is 2.72. The molecule has 1 aromatic heterocycles. The monoisotopic (exact) mass is 250 g/mol. The van der Waals surface area contributed by atoms with Crippen LogP contribution in [0.3, 0.4) is 0 Å². The smallest absolute Gasteiger partial charge is 0.222 e. The van der Waals surface area contributed by atoms with Gasteiger partial charge in [-0.3, -0.25) is 4.79 Å². The Balaban J connectivity index is 3.40. The fourth-order valence-electron chi connectivity index (χ4n) is 0.731. The zero-order valence-corrected chi connectivity index (χ0v) is 9.99. The number of hydrogen-bond donors (Lipinski definition) is 3. The molecule has 1 heterocycles. The Labute approximate surface area is 95.6 Å². The van der Waals surface area contributed by atoms with Gasteiger partial charge in [0.2, 0.25) is 5.12 Å². The molecule has 0 bridgehead atoms. The van der Waals surface area contributed by atoms with Gasteiger partial charge in [0.05, 0.1) is 5.56 Å². The maximum Gasteiger partial charge on any atom is 0.222 e. The van der Waals surface area contributed by atoms with Crippen LogP contribution in [0.1, 0.15) is 10.4 Å². The Morgan fingerprint density at radius 2 is 2.31 bits per heavy atom. The van der Waals surface area contributed by atoms with Crippen LogP contribution in [0.25, 0.3) is 0 Å². The van der Waals surface area contributed by atoms with Gasteiger partial charge in [-0.1, -0.05) is 24.0 Å². The van der Waals surface area contributed by atoms with Crippen LogP contribution in [0.15, 0.2) is 10.2 Å². The molecule has 70 valence electrons. The maximum atomic E-state index is 11.0. The summed E-state index contributed by atoms with van der Waals surface area (Å²) in [4.78, 5) is 17.8. The highest BCUT2D eigenvalue weighted by atomic mass is 32.2. The average molecular weight is 250 g/mol. The number of rotatable bonds is 2. The van der Waals surface area contributed by atoms with E-state index < -0.39 is 5.12 Å². The number of aromatic nitrogens is 2. The van der Waals surface area contributed by atoms with Crippen molar-refractivity contribution in [2.75, 3.05) is 6.26 Å². The van der Waals surface area contributed by atoms with Gasteiger partial charge >= 0.3 is 0 Å². The lowest BCUT2D eigenvalue weighted by Gasteiger charge is -2.02. The van der Waals surface area contributed by atoms with E-state index in [9.17, 15) is 4.79 Å². The molecule has 0 aliphatic heterocycles. The number of carbonyl (C=O) groups excluding carboxylic acids is 1. The second-order valence-electron chi connectivity index (χ2n) is 2.08. The minimum atomic E-state index is -0.425. The summed E-state index contributed by atoms with van der Waals surface area (Å²) in [5.74, 6) is 0. The van der Waals surface area contributed by atoms with Crippen LogP contribution < -0.4 is 0 Å². The van der Waals surface area contributed by atoms with Crippen molar-refractivity contribution in [1.29, 1.82) is 0 Å². The minimum Gasteiger partial charge on any atom is -0.325 e. The Kier molecular flexibility index (Phi) is 3.84. The number of thiol groups is 2. The second-order valence-corrected chi connectivity index (χ2v) is 4.11. The molecule has 1 aromatic rings. The van der Waals surface area contributed by atoms with Gasteiger partial charge in [-0.2, -0.15) is 0 Å². The average Bonchev–Trinajstić information content (AvgIpc) is 2.02. The van der Waals surface area contributed by atoms with Gasteiger partial charge in [0.25, 0.3) is 0 Å². The summed E-state index contributed by atoms with van der Waals surface area (Å²) in [6, 6.07) is 0.